The number of benzene rings is 3. The maximum Gasteiger partial charge on any atom is 0.416 e. The van der Waals surface area contributed by atoms with E-state index in [2.05, 4.69) is 6.08 Å². The van der Waals surface area contributed by atoms with E-state index in [-0.39, 0.29) is 42.3 Å². The van der Waals surface area contributed by atoms with E-state index in [0.717, 1.165) is 23.3 Å². The summed E-state index contributed by atoms with van der Waals surface area (Å²) in [5.41, 5.74) is 0.195. The summed E-state index contributed by atoms with van der Waals surface area (Å²) in [6, 6.07) is 15.2. The Morgan fingerprint density at radius 2 is 1.73 bits per heavy atom. The van der Waals surface area contributed by atoms with Crippen LogP contribution in [-0.4, -0.2) is 79.5 Å². The minimum absolute atomic E-state index is 0.0414. The Labute approximate surface area is 322 Å². The van der Waals surface area contributed by atoms with Crippen LogP contribution in [0.1, 0.15) is 103 Å². The number of nitrogens with zero attached hydrogens (tertiary/aromatic N) is 1. The average Bonchev–Trinajstić information content (AvgIpc) is 3.41. The molecule has 55 heavy (non-hydrogen) atoms. The van der Waals surface area contributed by atoms with Gasteiger partial charge in [-0.25, -0.2) is 0 Å². The number of carbonyl (C=O) groups is 2. The first kappa shape index (κ1) is 42.0. The second kappa shape index (κ2) is 17.7. The molecular weight excluding hydrogens is 711 g/mol. The number of methoxy groups -OCH3 is 3. The number of fused-ring (bicyclic) bond motifs is 8. The van der Waals surface area contributed by atoms with Crippen LogP contribution >= 0.6 is 0 Å². The highest BCUT2D eigenvalue weighted by molar-refractivity contribution is 6.10. The minimum atomic E-state index is -4.63. The molecule has 0 saturated heterocycles. The summed E-state index contributed by atoms with van der Waals surface area (Å²) in [7, 11) is 4.67. The maximum absolute atomic E-state index is 14.3. The van der Waals surface area contributed by atoms with E-state index in [0.29, 0.717) is 80.7 Å². The molecule has 298 valence electrons. The molecule has 11 heteroatoms. The van der Waals surface area contributed by atoms with E-state index in [1.807, 2.05) is 32.0 Å². The van der Waals surface area contributed by atoms with Gasteiger partial charge in [0.25, 0.3) is 0 Å². The largest absolute Gasteiger partial charge is 0.493 e. The summed E-state index contributed by atoms with van der Waals surface area (Å²) in [6.45, 7) is 4.86. The lowest BCUT2D eigenvalue weighted by Crippen LogP contribution is -2.54. The zero-order valence-corrected chi connectivity index (χ0v) is 32.5. The Hall–Kier alpha value is -4.19. The fourth-order valence-corrected chi connectivity index (χ4v) is 8.47. The number of carbonyl (C=O) groups excluding carboxylic acids is 2. The first-order chi connectivity index (χ1) is 26.1. The van der Waals surface area contributed by atoms with Gasteiger partial charge in [0.15, 0.2) is 17.3 Å². The van der Waals surface area contributed by atoms with E-state index < -0.39 is 34.6 Å². The van der Waals surface area contributed by atoms with Gasteiger partial charge in [0, 0.05) is 43.3 Å². The van der Waals surface area contributed by atoms with Crippen molar-refractivity contribution >= 4 is 11.7 Å². The summed E-state index contributed by atoms with van der Waals surface area (Å²) in [4.78, 5) is 30.2. The number of alkyl halides is 3. The second-order valence-corrected chi connectivity index (χ2v) is 15.4. The summed E-state index contributed by atoms with van der Waals surface area (Å²) in [6.07, 6.45) is 0.834. The summed E-state index contributed by atoms with van der Waals surface area (Å²) < 4.78 is 57.5. The van der Waals surface area contributed by atoms with Crippen LogP contribution in [-0.2, 0) is 28.5 Å². The molecule has 2 N–H and O–H groups in total. The van der Waals surface area contributed by atoms with Gasteiger partial charge in [0.2, 0.25) is 5.91 Å². The molecule has 6 rings (SSSR count). The molecule has 0 spiro atoms. The van der Waals surface area contributed by atoms with Crippen molar-refractivity contribution in [3.63, 3.8) is 0 Å². The van der Waals surface area contributed by atoms with Gasteiger partial charge < -0.3 is 29.3 Å². The Morgan fingerprint density at radius 1 is 0.964 bits per heavy atom. The number of rotatable bonds is 12. The SMILES string of the molecule is COCCCN(C[C@]1(O)CC[C@H]2c3ccc(cc3C(=O)c3cccc(C(F)(F)F)c3)C[C@@H](O)CCC(C)=CCC[C@@]21C)C(=O)Cc1ccc(OC)c(OC)c1. The van der Waals surface area contributed by atoms with Crippen molar-refractivity contribution in [3.8, 4) is 11.5 Å². The highest BCUT2D eigenvalue weighted by atomic mass is 19.4. The van der Waals surface area contributed by atoms with Crippen LogP contribution in [0, 0.1) is 5.41 Å². The van der Waals surface area contributed by atoms with Crippen molar-refractivity contribution in [1.82, 2.24) is 4.90 Å². The van der Waals surface area contributed by atoms with E-state index >= 15 is 0 Å². The van der Waals surface area contributed by atoms with Crippen LogP contribution in [0.2, 0.25) is 0 Å². The Kier molecular flexibility index (Phi) is 13.5. The second-order valence-electron chi connectivity index (χ2n) is 15.4. The lowest BCUT2D eigenvalue weighted by atomic mass is 9.64. The van der Waals surface area contributed by atoms with Crippen molar-refractivity contribution in [2.75, 3.05) is 41.0 Å². The first-order valence-electron chi connectivity index (χ1n) is 19.0. The number of hydrogen-bond acceptors (Lipinski definition) is 7. The van der Waals surface area contributed by atoms with Crippen molar-refractivity contribution in [2.24, 2.45) is 5.41 Å². The Balaban J connectivity index is 1.57. The van der Waals surface area contributed by atoms with Crippen LogP contribution in [0.5, 0.6) is 11.5 Å². The molecule has 2 bridgehead atoms. The molecule has 8 nitrogen and oxygen atoms in total. The van der Waals surface area contributed by atoms with Crippen molar-refractivity contribution in [3.05, 3.63) is 106 Å². The van der Waals surface area contributed by atoms with Crippen LogP contribution in [0.15, 0.2) is 72.3 Å². The molecule has 1 saturated carbocycles. The Morgan fingerprint density at radius 3 is 2.44 bits per heavy atom. The topological polar surface area (TPSA) is 106 Å². The molecule has 1 amide bonds. The standard InChI is InChI=1S/C44H54F3NO7/c1-29-9-7-19-42(2)37(18-20-43(42,52)28-48(21-8-22-53-3)40(50)26-31-14-17-38(54-4)39(25-31)55-5)35-16-13-30(23-34(49)15-12-29)24-36(35)41(51)32-10-6-11-33(27-32)44(45,46)47/h6,9-11,13-14,16-17,24-25,27,34,37,49,52H,7-8,12,15,18-23,26,28H2,1-5H3/t34-,37-,42-,43+/m0/s1. The minimum Gasteiger partial charge on any atom is -0.493 e. The number of aliphatic hydroxyl groups excluding tert-OH is 1. The third-order valence-corrected chi connectivity index (χ3v) is 11.8. The molecule has 3 aromatic carbocycles. The molecule has 3 aliphatic rings. The third kappa shape index (κ3) is 9.62. The van der Waals surface area contributed by atoms with Gasteiger partial charge in [0.05, 0.1) is 37.9 Å². The zero-order valence-electron chi connectivity index (χ0n) is 32.5. The number of halogens is 3. The quantitative estimate of drug-likeness (QED) is 0.109. The molecular formula is C44H54F3NO7. The van der Waals surface area contributed by atoms with Crippen LogP contribution in [0.4, 0.5) is 13.2 Å². The van der Waals surface area contributed by atoms with Crippen LogP contribution in [0.3, 0.4) is 0 Å². The molecule has 1 fully saturated rings. The van der Waals surface area contributed by atoms with Gasteiger partial charge in [-0.15, -0.1) is 0 Å². The van der Waals surface area contributed by atoms with Gasteiger partial charge in [-0.05, 0) is 111 Å². The first-order valence-corrected chi connectivity index (χ1v) is 19.0. The van der Waals surface area contributed by atoms with Gasteiger partial charge in [-0.3, -0.25) is 9.59 Å². The molecule has 3 aliphatic carbocycles. The molecule has 0 heterocycles. The normalized spacial score (nSPS) is 23.1. The predicted octanol–water partition coefficient (Wildman–Crippen LogP) is 8.10. The van der Waals surface area contributed by atoms with E-state index in [1.54, 1.807) is 37.3 Å². The average molecular weight is 766 g/mol. The van der Waals surface area contributed by atoms with Crippen molar-refractivity contribution < 1.29 is 47.2 Å². The smallest absolute Gasteiger partial charge is 0.416 e. The highest BCUT2D eigenvalue weighted by Crippen LogP contribution is 2.59. The van der Waals surface area contributed by atoms with Gasteiger partial charge >= 0.3 is 6.18 Å². The van der Waals surface area contributed by atoms with Gasteiger partial charge in [0.1, 0.15) is 0 Å². The fourth-order valence-electron chi connectivity index (χ4n) is 8.47. The Bertz CT molecular complexity index is 1860. The number of allylic oxidation sites excluding steroid dienone is 2. The number of aliphatic hydroxyl groups is 2. The van der Waals surface area contributed by atoms with Crippen molar-refractivity contribution in [2.45, 2.75) is 95.4 Å². The molecule has 0 unspecified atom stereocenters. The fraction of sp³-hybridized carbons (Fsp3) is 0.500. The monoisotopic (exact) mass is 765 g/mol. The third-order valence-electron chi connectivity index (χ3n) is 11.8. The van der Waals surface area contributed by atoms with Crippen molar-refractivity contribution in [1.29, 1.82) is 0 Å². The summed E-state index contributed by atoms with van der Waals surface area (Å²) in [5, 5.41) is 23.9. The molecule has 0 radical (unpaired) electrons. The number of amides is 1. The van der Waals surface area contributed by atoms with Gasteiger partial charge in [-0.1, -0.05) is 48.9 Å². The lowest BCUT2D eigenvalue weighted by Gasteiger charge is -2.46. The van der Waals surface area contributed by atoms with Gasteiger partial charge in [-0.2, -0.15) is 13.2 Å². The summed E-state index contributed by atoms with van der Waals surface area (Å²) in [5.74, 6) is -0.0570. The predicted molar refractivity (Wildman–Crippen MR) is 205 cm³/mol. The lowest BCUT2D eigenvalue weighted by molar-refractivity contribution is -0.140. The van der Waals surface area contributed by atoms with Crippen LogP contribution in [0.25, 0.3) is 0 Å². The van der Waals surface area contributed by atoms with E-state index in [9.17, 15) is 33.0 Å². The van der Waals surface area contributed by atoms with E-state index in [1.165, 1.54) is 19.2 Å². The maximum atomic E-state index is 14.3. The molecule has 4 atom stereocenters. The van der Waals surface area contributed by atoms with Crippen LogP contribution < -0.4 is 9.47 Å². The zero-order chi connectivity index (χ0) is 40.0. The van der Waals surface area contributed by atoms with E-state index in [4.69, 9.17) is 14.2 Å². The molecule has 0 aromatic heterocycles. The number of hydrogen-bond donors (Lipinski definition) is 2. The highest BCUT2D eigenvalue weighted by Gasteiger charge is 2.57. The number of ether oxygens (including phenoxy) is 3. The molecule has 3 aromatic rings. The number of ketones is 1. The molecule has 0 aliphatic heterocycles. The summed E-state index contributed by atoms with van der Waals surface area (Å²) >= 11 is 0.